The molecule has 1 atom stereocenters. The Morgan fingerprint density at radius 3 is 2.48 bits per heavy atom. The van der Waals surface area contributed by atoms with Crippen LogP contribution in [0.2, 0.25) is 0 Å². The van der Waals surface area contributed by atoms with Gasteiger partial charge in [-0.2, -0.15) is 0 Å². The zero-order valence-corrected chi connectivity index (χ0v) is 23.8. The first kappa shape index (κ1) is 29.9. The van der Waals surface area contributed by atoms with Crippen molar-refractivity contribution in [3.63, 3.8) is 0 Å². The van der Waals surface area contributed by atoms with Gasteiger partial charge in [-0.25, -0.2) is 9.79 Å². The van der Waals surface area contributed by atoms with Crippen molar-refractivity contribution in [3.8, 4) is 17.2 Å². The zero-order valence-electron chi connectivity index (χ0n) is 23.0. The van der Waals surface area contributed by atoms with Crippen molar-refractivity contribution in [3.05, 3.63) is 92.6 Å². The molecule has 0 aliphatic carbocycles. The number of aromatic hydroxyl groups is 1. The highest BCUT2D eigenvalue weighted by molar-refractivity contribution is 7.07. The molecular formula is C27H26N4O10S. The number of nitrogens with zero attached hydrogens (tertiary/aromatic N) is 4. The minimum atomic E-state index is -1.07. The van der Waals surface area contributed by atoms with Gasteiger partial charge in [0.15, 0.2) is 4.80 Å². The summed E-state index contributed by atoms with van der Waals surface area (Å²) in [6, 6.07) is 5.41. The van der Waals surface area contributed by atoms with E-state index < -0.39 is 44.5 Å². The largest absolute Gasteiger partial charge is 0.502 e. The molecule has 1 aliphatic heterocycles. The van der Waals surface area contributed by atoms with Crippen molar-refractivity contribution >= 4 is 34.8 Å². The van der Waals surface area contributed by atoms with E-state index in [1.807, 2.05) is 6.92 Å². The van der Waals surface area contributed by atoms with Gasteiger partial charge in [-0.15, -0.1) is 0 Å². The summed E-state index contributed by atoms with van der Waals surface area (Å²) in [6.45, 7) is 3.62. The van der Waals surface area contributed by atoms with E-state index in [0.717, 1.165) is 23.5 Å². The van der Waals surface area contributed by atoms with Crippen LogP contribution in [0.15, 0.2) is 51.4 Å². The number of nitro benzene ring substituents is 2. The monoisotopic (exact) mass is 598 g/mol. The fourth-order valence-corrected chi connectivity index (χ4v) is 5.60. The van der Waals surface area contributed by atoms with Crippen LogP contribution < -0.4 is 24.4 Å². The average Bonchev–Trinajstić information content (AvgIpc) is 3.27. The number of benzene rings is 2. The number of phenols is 1. The average molecular weight is 599 g/mol. The number of esters is 1. The summed E-state index contributed by atoms with van der Waals surface area (Å²) in [6.07, 6.45) is 2.11. The maximum absolute atomic E-state index is 14.0. The third-order valence-corrected chi connectivity index (χ3v) is 7.40. The normalized spacial score (nSPS) is 14.7. The first-order valence-corrected chi connectivity index (χ1v) is 13.5. The predicted molar refractivity (Wildman–Crippen MR) is 151 cm³/mol. The lowest BCUT2D eigenvalue weighted by molar-refractivity contribution is -0.394. The fourth-order valence-electron chi connectivity index (χ4n) is 4.59. The number of thiazole rings is 1. The molecule has 0 spiro atoms. The molecule has 1 aromatic heterocycles. The number of phenolic OH excluding ortho intramolecular Hbond substituents is 1. The molecule has 15 heteroatoms. The SMILES string of the molecule is CCCC1=C(C(=O)OCC)[C@@H](c2cc(OC)ccc2OC)n2c(s/c(=C\c3cc([N+](=O)[O-])cc([N+](=O)[O-])c3O)c2=O)=N1. The maximum Gasteiger partial charge on any atom is 0.338 e. The summed E-state index contributed by atoms with van der Waals surface area (Å²) in [7, 11) is 2.90. The van der Waals surface area contributed by atoms with Crippen LogP contribution in [0.5, 0.6) is 17.2 Å². The number of nitro groups is 2. The van der Waals surface area contributed by atoms with Crippen LogP contribution in [0, 0.1) is 20.2 Å². The summed E-state index contributed by atoms with van der Waals surface area (Å²) >= 11 is 0.892. The molecule has 0 unspecified atom stereocenters. The second-order valence-corrected chi connectivity index (χ2v) is 9.95. The zero-order chi connectivity index (χ0) is 30.7. The Balaban J connectivity index is 2.10. The second-order valence-electron chi connectivity index (χ2n) is 8.94. The fraction of sp³-hybridized carbons (Fsp3) is 0.296. The van der Waals surface area contributed by atoms with E-state index in [1.54, 1.807) is 25.1 Å². The van der Waals surface area contributed by atoms with Crippen LogP contribution in [0.1, 0.15) is 43.9 Å². The predicted octanol–water partition coefficient (Wildman–Crippen LogP) is 3.12. The van der Waals surface area contributed by atoms with Gasteiger partial charge in [-0.1, -0.05) is 24.7 Å². The first-order chi connectivity index (χ1) is 20.1. The lowest BCUT2D eigenvalue weighted by Crippen LogP contribution is -2.40. The van der Waals surface area contributed by atoms with E-state index in [2.05, 4.69) is 4.99 Å². The summed E-state index contributed by atoms with van der Waals surface area (Å²) in [5.74, 6) is -0.747. The van der Waals surface area contributed by atoms with Crippen LogP contribution >= 0.6 is 11.3 Å². The van der Waals surface area contributed by atoms with Crippen LogP contribution in [0.4, 0.5) is 11.4 Å². The smallest absolute Gasteiger partial charge is 0.338 e. The Morgan fingerprint density at radius 1 is 1.14 bits per heavy atom. The van der Waals surface area contributed by atoms with Crippen molar-refractivity contribution < 1.29 is 34.0 Å². The van der Waals surface area contributed by atoms with Gasteiger partial charge in [0.2, 0.25) is 5.75 Å². The van der Waals surface area contributed by atoms with E-state index in [4.69, 9.17) is 14.2 Å². The molecule has 0 fully saturated rings. The van der Waals surface area contributed by atoms with Gasteiger partial charge in [0.1, 0.15) is 17.5 Å². The molecule has 3 aromatic rings. The van der Waals surface area contributed by atoms with Gasteiger partial charge in [-0.05, 0) is 37.6 Å². The minimum Gasteiger partial charge on any atom is -0.502 e. The second kappa shape index (κ2) is 12.2. The highest BCUT2D eigenvalue weighted by Crippen LogP contribution is 2.39. The molecule has 0 saturated heterocycles. The molecular weight excluding hydrogens is 572 g/mol. The molecule has 1 aliphatic rings. The Labute approximate surface area is 241 Å². The quantitative estimate of drug-likeness (QED) is 0.206. The number of ether oxygens (including phenoxy) is 3. The first-order valence-electron chi connectivity index (χ1n) is 12.7. The number of non-ortho nitro benzene ring substituents is 1. The summed E-state index contributed by atoms with van der Waals surface area (Å²) < 4.78 is 17.6. The summed E-state index contributed by atoms with van der Waals surface area (Å²) in [5, 5.41) is 33.4. The van der Waals surface area contributed by atoms with Gasteiger partial charge >= 0.3 is 11.7 Å². The Hall–Kier alpha value is -5.05. The van der Waals surface area contributed by atoms with E-state index >= 15 is 0 Å². The lowest BCUT2D eigenvalue weighted by Gasteiger charge is -2.27. The number of carbonyl (C=O) groups excluding carboxylic acids is 1. The Kier molecular flexibility index (Phi) is 8.70. The van der Waals surface area contributed by atoms with Gasteiger partial charge in [0.05, 0.1) is 52.5 Å². The van der Waals surface area contributed by atoms with Crippen LogP contribution in [-0.2, 0) is 9.53 Å². The molecule has 2 heterocycles. The standard InChI is InChI=1S/C27H26N4O10S/c1-5-7-18-22(26(34)41-6-2)23(17-13-16(39-3)8-9-20(17)40-4)29-25(33)21(42-27(29)28-18)11-14-10-15(30(35)36)12-19(24(14)32)31(37)38/h8-13,23,32H,5-7H2,1-4H3/b21-11-/t23-/m1/s1. The van der Waals surface area contributed by atoms with Crippen molar-refractivity contribution in [1.82, 2.24) is 4.57 Å². The molecule has 220 valence electrons. The Bertz CT molecular complexity index is 1810. The van der Waals surface area contributed by atoms with Crippen molar-refractivity contribution in [1.29, 1.82) is 0 Å². The number of hydrogen-bond acceptors (Lipinski definition) is 12. The van der Waals surface area contributed by atoms with Crippen LogP contribution in [0.3, 0.4) is 0 Å². The number of allylic oxidation sites excluding steroid dienone is 1. The molecule has 0 radical (unpaired) electrons. The van der Waals surface area contributed by atoms with Gasteiger partial charge < -0.3 is 19.3 Å². The number of hydrogen-bond donors (Lipinski definition) is 1. The highest BCUT2D eigenvalue weighted by atomic mass is 32.1. The lowest BCUT2D eigenvalue weighted by atomic mass is 9.93. The molecule has 0 amide bonds. The molecule has 0 bridgehead atoms. The van der Waals surface area contributed by atoms with Crippen molar-refractivity contribution in [2.24, 2.45) is 4.99 Å². The van der Waals surface area contributed by atoms with E-state index in [1.165, 1.54) is 18.8 Å². The third kappa shape index (κ3) is 5.45. The number of fused-ring (bicyclic) bond motifs is 1. The highest BCUT2D eigenvalue weighted by Gasteiger charge is 2.36. The topological polar surface area (TPSA) is 186 Å². The summed E-state index contributed by atoms with van der Waals surface area (Å²) in [5.41, 5.74) is -1.59. The Morgan fingerprint density at radius 2 is 1.88 bits per heavy atom. The van der Waals surface area contributed by atoms with E-state index in [0.29, 0.717) is 41.7 Å². The van der Waals surface area contributed by atoms with Gasteiger partial charge in [0.25, 0.3) is 11.2 Å². The van der Waals surface area contributed by atoms with Crippen LogP contribution in [0.25, 0.3) is 6.08 Å². The molecule has 14 nitrogen and oxygen atoms in total. The molecule has 1 N–H and O–H groups in total. The summed E-state index contributed by atoms with van der Waals surface area (Å²) in [4.78, 5) is 53.3. The molecule has 0 saturated carbocycles. The molecule has 4 rings (SSSR count). The van der Waals surface area contributed by atoms with Gasteiger partial charge in [0, 0.05) is 17.2 Å². The number of rotatable bonds is 10. The van der Waals surface area contributed by atoms with E-state index in [9.17, 15) is 34.9 Å². The van der Waals surface area contributed by atoms with Crippen molar-refractivity contribution in [2.75, 3.05) is 20.8 Å². The molecule has 2 aromatic carbocycles. The van der Waals surface area contributed by atoms with E-state index in [-0.39, 0.29) is 27.1 Å². The molecule has 42 heavy (non-hydrogen) atoms. The van der Waals surface area contributed by atoms with Crippen LogP contribution in [-0.4, -0.2) is 46.3 Å². The maximum atomic E-state index is 14.0. The van der Waals surface area contributed by atoms with Crippen molar-refractivity contribution in [2.45, 2.75) is 32.7 Å². The number of carbonyl (C=O) groups is 1. The number of aromatic nitrogens is 1. The minimum absolute atomic E-state index is 0.0494. The number of methoxy groups -OCH3 is 2. The van der Waals surface area contributed by atoms with Gasteiger partial charge in [-0.3, -0.25) is 29.6 Å². The third-order valence-electron chi connectivity index (χ3n) is 6.42.